The predicted octanol–water partition coefficient (Wildman–Crippen LogP) is 1.23. The standard InChI is InChI=1S/C12H15N3O2/c13-15(9-16)17-8-11-6-7-12(14-11)10-4-2-1-3-5-10/h1-5,9,12H,6-8,13H2/t12-/m0/s1. The molecule has 0 spiro atoms. The zero-order chi connectivity index (χ0) is 12.1. The van der Waals surface area contributed by atoms with Gasteiger partial charge in [-0.25, -0.2) is 10.7 Å². The molecule has 1 aliphatic rings. The van der Waals surface area contributed by atoms with E-state index in [4.69, 9.17) is 10.7 Å². The Morgan fingerprint density at radius 3 is 2.94 bits per heavy atom. The summed E-state index contributed by atoms with van der Waals surface area (Å²) in [4.78, 5) is 19.8. The molecule has 1 heterocycles. The van der Waals surface area contributed by atoms with E-state index in [2.05, 4.69) is 17.1 Å². The number of carbonyl (C=O) groups is 1. The van der Waals surface area contributed by atoms with Crippen LogP contribution in [-0.4, -0.2) is 23.9 Å². The highest BCUT2D eigenvalue weighted by atomic mass is 16.7. The van der Waals surface area contributed by atoms with Crippen LogP contribution < -0.4 is 5.84 Å². The number of rotatable bonds is 5. The Balaban J connectivity index is 1.93. The summed E-state index contributed by atoms with van der Waals surface area (Å²) in [6.45, 7) is 0.276. The summed E-state index contributed by atoms with van der Waals surface area (Å²) < 4.78 is 0. The van der Waals surface area contributed by atoms with Crippen molar-refractivity contribution in [3.8, 4) is 0 Å². The maximum absolute atomic E-state index is 10.2. The molecule has 5 nitrogen and oxygen atoms in total. The highest BCUT2D eigenvalue weighted by Crippen LogP contribution is 2.28. The average Bonchev–Trinajstić information content (AvgIpc) is 2.86. The number of hydroxylamine groups is 1. The van der Waals surface area contributed by atoms with E-state index in [1.54, 1.807) is 0 Å². The largest absolute Gasteiger partial charge is 0.283 e. The van der Waals surface area contributed by atoms with Crippen molar-refractivity contribution in [3.63, 3.8) is 0 Å². The van der Waals surface area contributed by atoms with Gasteiger partial charge in [-0.15, -0.1) is 0 Å². The summed E-state index contributed by atoms with van der Waals surface area (Å²) in [6.07, 6.45) is 2.28. The third kappa shape index (κ3) is 3.12. The molecule has 17 heavy (non-hydrogen) atoms. The highest BCUT2D eigenvalue weighted by molar-refractivity contribution is 5.87. The maximum atomic E-state index is 10.2. The summed E-state index contributed by atoms with van der Waals surface area (Å²) in [7, 11) is 0. The smallest absolute Gasteiger partial charge is 0.248 e. The van der Waals surface area contributed by atoms with Gasteiger partial charge in [-0.3, -0.25) is 9.79 Å². The number of hydrogen-bond donors (Lipinski definition) is 1. The van der Waals surface area contributed by atoms with E-state index in [1.807, 2.05) is 18.2 Å². The number of hydrogen-bond acceptors (Lipinski definition) is 4. The van der Waals surface area contributed by atoms with Gasteiger partial charge in [-0.05, 0) is 18.4 Å². The second kappa shape index (κ2) is 5.56. The van der Waals surface area contributed by atoms with Crippen LogP contribution in [-0.2, 0) is 9.63 Å². The van der Waals surface area contributed by atoms with E-state index in [9.17, 15) is 4.79 Å². The van der Waals surface area contributed by atoms with E-state index in [0.29, 0.717) is 11.6 Å². The Morgan fingerprint density at radius 2 is 2.24 bits per heavy atom. The molecule has 2 N–H and O–H groups in total. The highest BCUT2D eigenvalue weighted by Gasteiger charge is 2.19. The fourth-order valence-electron chi connectivity index (χ4n) is 1.86. The average molecular weight is 233 g/mol. The van der Waals surface area contributed by atoms with Gasteiger partial charge in [0.15, 0.2) is 0 Å². The monoisotopic (exact) mass is 233 g/mol. The van der Waals surface area contributed by atoms with Crippen LogP contribution in [0.3, 0.4) is 0 Å². The van der Waals surface area contributed by atoms with Crippen molar-refractivity contribution < 1.29 is 9.63 Å². The normalized spacial score (nSPS) is 18.9. The van der Waals surface area contributed by atoms with E-state index < -0.39 is 0 Å². The third-order valence-electron chi connectivity index (χ3n) is 2.71. The van der Waals surface area contributed by atoms with Crippen LogP contribution >= 0.6 is 0 Å². The second-order valence-electron chi connectivity index (χ2n) is 3.90. The number of nitrogens with two attached hydrogens (primary N) is 1. The molecule has 1 amide bonds. The van der Waals surface area contributed by atoms with Gasteiger partial charge in [0.1, 0.15) is 6.61 Å². The Hall–Kier alpha value is -1.72. The van der Waals surface area contributed by atoms with Gasteiger partial charge in [0.05, 0.1) is 6.04 Å². The Kier molecular flexibility index (Phi) is 3.85. The molecule has 0 unspecified atom stereocenters. The molecule has 0 fully saturated rings. The molecule has 0 aromatic heterocycles. The SMILES string of the molecule is NN(C=O)OCC1=N[C@H](c2ccccc2)CC1. The van der Waals surface area contributed by atoms with E-state index >= 15 is 0 Å². The van der Waals surface area contributed by atoms with Crippen molar-refractivity contribution in [2.45, 2.75) is 18.9 Å². The van der Waals surface area contributed by atoms with Gasteiger partial charge in [-0.1, -0.05) is 30.3 Å². The van der Waals surface area contributed by atoms with Crippen molar-refractivity contribution in [1.29, 1.82) is 0 Å². The lowest BCUT2D eigenvalue weighted by atomic mass is 10.1. The van der Waals surface area contributed by atoms with E-state index in [-0.39, 0.29) is 12.6 Å². The molecule has 0 radical (unpaired) electrons. The molecule has 90 valence electrons. The van der Waals surface area contributed by atoms with Crippen LogP contribution in [0.5, 0.6) is 0 Å². The van der Waals surface area contributed by atoms with Gasteiger partial charge in [0.2, 0.25) is 6.41 Å². The lowest BCUT2D eigenvalue weighted by molar-refractivity contribution is -0.167. The molecule has 0 aliphatic carbocycles. The van der Waals surface area contributed by atoms with Gasteiger partial charge in [-0.2, -0.15) is 5.17 Å². The lowest BCUT2D eigenvalue weighted by Gasteiger charge is -2.09. The number of nitrogens with zero attached hydrogens (tertiary/aromatic N) is 2. The van der Waals surface area contributed by atoms with Crippen LogP contribution in [0.2, 0.25) is 0 Å². The second-order valence-corrected chi connectivity index (χ2v) is 3.90. The zero-order valence-corrected chi connectivity index (χ0v) is 9.45. The molecule has 1 aromatic carbocycles. The number of carbonyl (C=O) groups excluding carboxylic acids is 1. The summed E-state index contributed by atoms with van der Waals surface area (Å²) in [6, 6.07) is 10.3. The van der Waals surface area contributed by atoms with Crippen LogP contribution in [0.1, 0.15) is 24.4 Å². The minimum absolute atomic E-state index is 0.206. The first-order valence-corrected chi connectivity index (χ1v) is 5.52. The molecule has 0 saturated carbocycles. The minimum atomic E-state index is 0.206. The molecule has 5 heteroatoms. The van der Waals surface area contributed by atoms with Crippen molar-refractivity contribution in [3.05, 3.63) is 35.9 Å². The first-order chi connectivity index (χ1) is 8.29. The summed E-state index contributed by atoms with van der Waals surface area (Å²) in [5, 5.41) is 0.665. The third-order valence-corrected chi connectivity index (χ3v) is 2.71. The molecule has 0 bridgehead atoms. The first-order valence-electron chi connectivity index (χ1n) is 5.52. The topological polar surface area (TPSA) is 67.9 Å². The minimum Gasteiger partial charge on any atom is -0.283 e. The number of benzene rings is 1. The lowest BCUT2D eigenvalue weighted by Crippen LogP contribution is -2.31. The predicted molar refractivity (Wildman–Crippen MR) is 63.9 cm³/mol. The summed E-state index contributed by atoms with van der Waals surface area (Å²) >= 11 is 0. The molecule has 1 aromatic rings. The number of aliphatic imine (C=N–C) groups is 1. The molecular weight excluding hydrogens is 218 g/mol. The molecule has 2 rings (SSSR count). The Labute approximate surface area is 99.8 Å². The van der Waals surface area contributed by atoms with Crippen molar-refractivity contribution in [2.24, 2.45) is 10.8 Å². The van der Waals surface area contributed by atoms with Gasteiger partial charge in [0.25, 0.3) is 0 Å². The van der Waals surface area contributed by atoms with E-state index in [1.165, 1.54) is 5.56 Å². The summed E-state index contributed by atoms with van der Waals surface area (Å²) in [5.41, 5.74) is 2.15. The Bertz CT molecular complexity index is 405. The van der Waals surface area contributed by atoms with Crippen LogP contribution in [0.15, 0.2) is 35.3 Å². The first kappa shape index (κ1) is 11.8. The van der Waals surface area contributed by atoms with Crippen molar-refractivity contribution in [1.82, 2.24) is 5.17 Å². The van der Waals surface area contributed by atoms with Gasteiger partial charge < -0.3 is 0 Å². The Morgan fingerprint density at radius 1 is 1.47 bits per heavy atom. The fraction of sp³-hybridized carbons (Fsp3) is 0.333. The molecule has 0 saturated heterocycles. The molecule has 1 aliphatic heterocycles. The van der Waals surface area contributed by atoms with Crippen LogP contribution in [0.4, 0.5) is 0 Å². The van der Waals surface area contributed by atoms with Crippen molar-refractivity contribution in [2.75, 3.05) is 6.61 Å². The van der Waals surface area contributed by atoms with Gasteiger partial charge in [0, 0.05) is 5.71 Å². The maximum Gasteiger partial charge on any atom is 0.248 e. The van der Waals surface area contributed by atoms with Crippen LogP contribution in [0, 0.1) is 0 Å². The zero-order valence-electron chi connectivity index (χ0n) is 9.45. The molecule has 1 atom stereocenters. The number of hydrazine groups is 1. The quantitative estimate of drug-likeness (QED) is 0.360. The van der Waals surface area contributed by atoms with E-state index in [0.717, 1.165) is 18.6 Å². The van der Waals surface area contributed by atoms with Gasteiger partial charge >= 0.3 is 0 Å². The van der Waals surface area contributed by atoms with Crippen molar-refractivity contribution >= 4 is 12.1 Å². The summed E-state index contributed by atoms with van der Waals surface area (Å²) in [5.74, 6) is 5.18. The molecular formula is C12H15N3O2. The fourth-order valence-corrected chi connectivity index (χ4v) is 1.86. The van der Waals surface area contributed by atoms with Crippen LogP contribution in [0.25, 0.3) is 0 Å². The number of amides is 1.